The Hall–Kier alpha value is -2.11. The minimum Gasteiger partial charge on any atom is -0.456 e. The predicted octanol–water partition coefficient (Wildman–Crippen LogP) is 3.73. The van der Waals surface area contributed by atoms with Crippen LogP contribution in [0.2, 0.25) is 0 Å². The fraction of sp³-hybridized carbons (Fsp3) is 0.720. The van der Waals surface area contributed by atoms with Crippen molar-refractivity contribution in [2.45, 2.75) is 72.3 Å². The Balaban J connectivity index is 1.39. The maximum absolute atomic E-state index is 13.4. The molecule has 1 aromatic heterocycles. The van der Waals surface area contributed by atoms with Crippen molar-refractivity contribution in [2.75, 3.05) is 6.61 Å². The number of aromatic nitrogens is 1. The molecule has 0 aliphatic heterocycles. The van der Waals surface area contributed by atoms with Gasteiger partial charge in [-0.15, -0.1) is 0 Å². The lowest BCUT2D eigenvalue weighted by Gasteiger charge is -2.55. The molecule has 0 saturated heterocycles. The lowest BCUT2D eigenvalue weighted by molar-refractivity contribution is -0.154. The highest BCUT2D eigenvalue weighted by atomic mass is 16.5. The van der Waals surface area contributed by atoms with Crippen molar-refractivity contribution < 1.29 is 19.1 Å². The molecule has 5 rings (SSSR count). The quantitative estimate of drug-likeness (QED) is 0.530. The third-order valence-electron chi connectivity index (χ3n) is 8.15. The zero-order valence-electron chi connectivity index (χ0n) is 19.5. The number of carbonyl (C=O) groups excluding carboxylic acids is 3. The average molecular weight is 429 g/mol. The summed E-state index contributed by atoms with van der Waals surface area (Å²) in [5, 5.41) is 3.03. The van der Waals surface area contributed by atoms with Gasteiger partial charge in [0, 0.05) is 29.4 Å². The molecule has 4 bridgehead atoms. The second-order valence-corrected chi connectivity index (χ2v) is 10.8. The third kappa shape index (κ3) is 4.06. The van der Waals surface area contributed by atoms with Crippen molar-refractivity contribution in [1.29, 1.82) is 0 Å². The number of ketones is 1. The van der Waals surface area contributed by atoms with Gasteiger partial charge < -0.3 is 14.6 Å². The van der Waals surface area contributed by atoms with Crippen LogP contribution in [-0.4, -0.2) is 34.9 Å². The number of nitrogens with one attached hydrogen (secondary N) is 1. The fourth-order valence-electron chi connectivity index (χ4n) is 6.62. The molecule has 6 heteroatoms. The summed E-state index contributed by atoms with van der Waals surface area (Å²) in [5.41, 5.74) is 2.10. The highest BCUT2D eigenvalue weighted by Crippen LogP contribution is 2.60. The fourth-order valence-corrected chi connectivity index (χ4v) is 6.62. The van der Waals surface area contributed by atoms with Gasteiger partial charge in [-0.25, -0.2) is 4.79 Å². The summed E-state index contributed by atoms with van der Waals surface area (Å²) < 4.78 is 7.34. The number of aryl methyl sites for hydroxylation is 1. The number of hydrogen-bond donors (Lipinski definition) is 1. The van der Waals surface area contributed by atoms with E-state index >= 15 is 0 Å². The Kier molecular flexibility index (Phi) is 5.78. The predicted molar refractivity (Wildman–Crippen MR) is 118 cm³/mol. The number of carbonyl (C=O) groups is 3. The van der Waals surface area contributed by atoms with Crippen molar-refractivity contribution in [1.82, 2.24) is 9.88 Å². The van der Waals surface area contributed by atoms with Crippen LogP contribution in [0.15, 0.2) is 6.07 Å². The van der Waals surface area contributed by atoms with Crippen LogP contribution < -0.4 is 5.32 Å². The second kappa shape index (κ2) is 8.10. The van der Waals surface area contributed by atoms with E-state index in [-0.39, 0.29) is 29.6 Å². The van der Waals surface area contributed by atoms with Gasteiger partial charge in [-0.1, -0.05) is 13.8 Å². The van der Waals surface area contributed by atoms with E-state index < -0.39 is 12.0 Å². The van der Waals surface area contributed by atoms with Gasteiger partial charge in [-0.05, 0) is 82.1 Å². The van der Waals surface area contributed by atoms with E-state index in [0.717, 1.165) is 30.7 Å². The summed E-state index contributed by atoms with van der Waals surface area (Å²) in [5.74, 6) is 1.16. The summed E-state index contributed by atoms with van der Waals surface area (Å²) in [6.07, 6.45) is 6.66. The number of rotatable bonds is 7. The Morgan fingerprint density at radius 1 is 1.10 bits per heavy atom. The molecule has 0 spiro atoms. The molecular formula is C25H36N2O4. The first-order chi connectivity index (χ1) is 14.6. The SMILES string of the molecule is Cc1cc(C(=O)COC(=O)[C@H](NC(=O)C23CC4CC(CC(C4)C2)C3)C(C)C)c(C)n1C. The molecule has 1 N–H and O–H groups in total. The van der Waals surface area contributed by atoms with Crippen molar-refractivity contribution >= 4 is 17.7 Å². The van der Waals surface area contributed by atoms with Gasteiger partial charge in [0.05, 0.1) is 0 Å². The molecule has 4 saturated carbocycles. The first-order valence-electron chi connectivity index (χ1n) is 11.7. The van der Waals surface area contributed by atoms with E-state index in [2.05, 4.69) is 5.32 Å². The lowest BCUT2D eigenvalue weighted by atomic mass is 9.49. The van der Waals surface area contributed by atoms with E-state index in [1.165, 1.54) is 19.3 Å². The molecular weight excluding hydrogens is 392 g/mol. The first kappa shape index (κ1) is 22.1. The summed E-state index contributed by atoms with van der Waals surface area (Å²) in [7, 11) is 1.90. The van der Waals surface area contributed by atoms with Gasteiger partial charge >= 0.3 is 5.97 Å². The number of hydrogen-bond acceptors (Lipinski definition) is 4. The smallest absolute Gasteiger partial charge is 0.329 e. The van der Waals surface area contributed by atoms with Gasteiger partial charge in [0.25, 0.3) is 0 Å². The number of esters is 1. The minimum atomic E-state index is -0.730. The highest BCUT2D eigenvalue weighted by Gasteiger charge is 2.55. The van der Waals surface area contributed by atoms with Gasteiger partial charge in [0.1, 0.15) is 6.04 Å². The zero-order chi connectivity index (χ0) is 22.5. The van der Waals surface area contributed by atoms with Crippen LogP contribution in [-0.2, 0) is 21.4 Å². The Bertz CT molecular complexity index is 862. The molecule has 1 amide bonds. The molecule has 4 aliphatic rings. The maximum Gasteiger partial charge on any atom is 0.329 e. The summed E-state index contributed by atoms with van der Waals surface area (Å²) in [4.78, 5) is 38.8. The topological polar surface area (TPSA) is 77.4 Å². The first-order valence-corrected chi connectivity index (χ1v) is 11.7. The minimum absolute atomic E-state index is 0.0168. The Labute approximate surface area is 185 Å². The monoisotopic (exact) mass is 428 g/mol. The molecule has 4 aliphatic carbocycles. The molecule has 170 valence electrons. The van der Waals surface area contributed by atoms with Crippen molar-refractivity contribution in [3.8, 4) is 0 Å². The van der Waals surface area contributed by atoms with Crippen LogP contribution in [0.5, 0.6) is 0 Å². The largest absolute Gasteiger partial charge is 0.456 e. The van der Waals surface area contributed by atoms with E-state index in [1.807, 2.05) is 45.4 Å². The molecule has 4 fully saturated rings. The van der Waals surface area contributed by atoms with Crippen LogP contribution in [0.25, 0.3) is 0 Å². The number of ether oxygens (including phenoxy) is 1. The molecule has 1 heterocycles. The number of Topliss-reactive ketones (excluding diaryl/α,β-unsaturated/α-hetero) is 1. The van der Waals surface area contributed by atoms with Crippen LogP contribution in [0, 0.1) is 42.9 Å². The lowest BCUT2D eigenvalue weighted by Crippen LogP contribution is -2.57. The molecule has 1 aromatic rings. The molecule has 1 atom stereocenters. The van der Waals surface area contributed by atoms with Gasteiger partial charge in [0.15, 0.2) is 6.61 Å². The third-order valence-corrected chi connectivity index (χ3v) is 8.15. The van der Waals surface area contributed by atoms with Crippen LogP contribution >= 0.6 is 0 Å². The van der Waals surface area contributed by atoms with Crippen molar-refractivity contribution in [3.63, 3.8) is 0 Å². The average Bonchev–Trinajstić information content (AvgIpc) is 2.96. The molecule has 0 unspecified atom stereocenters. The number of nitrogens with zero attached hydrogens (tertiary/aromatic N) is 1. The van der Waals surface area contributed by atoms with Crippen molar-refractivity contribution in [3.05, 3.63) is 23.0 Å². The Morgan fingerprint density at radius 2 is 1.65 bits per heavy atom. The highest BCUT2D eigenvalue weighted by molar-refractivity contribution is 5.99. The number of amides is 1. The molecule has 0 aromatic carbocycles. The van der Waals surface area contributed by atoms with Gasteiger partial charge in [-0.3, -0.25) is 9.59 Å². The van der Waals surface area contributed by atoms with Crippen LogP contribution in [0.3, 0.4) is 0 Å². The summed E-state index contributed by atoms with van der Waals surface area (Å²) >= 11 is 0. The summed E-state index contributed by atoms with van der Waals surface area (Å²) in [6.45, 7) is 7.31. The summed E-state index contributed by atoms with van der Waals surface area (Å²) in [6, 6.07) is 1.09. The molecule has 31 heavy (non-hydrogen) atoms. The molecule has 6 nitrogen and oxygen atoms in total. The standard InChI is InChI=1S/C25H36N2O4/c1-14(2)22(23(29)31-13-21(28)20-6-15(3)27(5)16(20)4)26-24(30)25-10-17-7-18(11-25)9-19(8-17)12-25/h6,14,17-19,22H,7-13H2,1-5H3,(H,26,30)/t17?,18?,19?,22-,25?/m1/s1. The molecule has 0 radical (unpaired) electrons. The second-order valence-electron chi connectivity index (χ2n) is 10.8. The Morgan fingerprint density at radius 3 is 2.10 bits per heavy atom. The van der Waals surface area contributed by atoms with Crippen LogP contribution in [0.4, 0.5) is 0 Å². The van der Waals surface area contributed by atoms with E-state index in [1.54, 1.807) is 0 Å². The van der Waals surface area contributed by atoms with E-state index in [0.29, 0.717) is 23.3 Å². The van der Waals surface area contributed by atoms with Crippen molar-refractivity contribution in [2.24, 2.45) is 36.1 Å². The van der Waals surface area contributed by atoms with Gasteiger partial charge in [-0.2, -0.15) is 0 Å². The normalized spacial score (nSPS) is 29.8. The maximum atomic E-state index is 13.4. The van der Waals surface area contributed by atoms with E-state index in [9.17, 15) is 14.4 Å². The zero-order valence-corrected chi connectivity index (χ0v) is 19.5. The van der Waals surface area contributed by atoms with Crippen LogP contribution in [0.1, 0.15) is 74.1 Å². The van der Waals surface area contributed by atoms with E-state index in [4.69, 9.17) is 4.74 Å². The van der Waals surface area contributed by atoms with Gasteiger partial charge in [0.2, 0.25) is 11.7 Å².